The van der Waals surface area contributed by atoms with Gasteiger partial charge in [0.25, 0.3) is 0 Å². The summed E-state index contributed by atoms with van der Waals surface area (Å²) >= 11 is 0. The molecule has 1 aliphatic rings. The number of aryl methyl sites for hydroxylation is 2. The second-order valence-corrected chi connectivity index (χ2v) is 7.56. The molecule has 8 nitrogen and oxygen atoms in total. The number of H-pyrrole nitrogens is 1. The molecule has 1 atom stereocenters. The zero-order valence-electron chi connectivity index (χ0n) is 17.1. The SMILES string of the molecule is Cc1nc(C)n(CC(=O)N2CC[C@H](c3cc(CCOc4cccc(F)c4)[nH]n3)C2)n1. The van der Waals surface area contributed by atoms with Crippen molar-refractivity contribution >= 4 is 5.91 Å². The average Bonchev–Trinajstić information content (AvgIpc) is 3.42. The Morgan fingerprint density at radius 2 is 2.20 bits per heavy atom. The second-order valence-electron chi connectivity index (χ2n) is 7.56. The molecular weight excluding hydrogens is 387 g/mol. The smallest absolute Gasteiger partial charge is 0.244 e. The van der Waals surface area contributed by atoms with Crippen LogP contribution in [-0.4, -0.2) is 55.5 Å². The van der Waals surface area contributed by atoms with Gasteiger partial charge in [0, 0.05) is 37.2 Å². The van der Waals surface area contributed by atoms with Crippen LogP contribution in [0.3, 0.4) is 0 Å². The lowest BCUT2D eigenvalue weighted by molar-refractivity contribution is -0.131. The minimum Gasteiger partial charge on any atom is -0.493 e. The Morgan fingerprint density at radius 1 is 1.33 bits per heavy atom. The van der Waals surface area contributed by atoms with Gasteiger partial charge in [-0.05, 0) is 38.5 Å². The van der Waals surface area contributed by atoms with Crippen LogP contribution in [0.4, 0.5) is 4.39 Å². The molecule has 1 N–H and O–H groups in total. The lowest BCUT2D eigenvalue weighted by Crippen LogP contribution is -2.32. The summed E-state index contributed by atoms with van der Waals surface area (Å²) in [6, 6.07) is 8.13. The highest BCUT2D eigenvalue weighted by atomic mass is 19.1. The number of hydrogen-bond acceptors (Lipinski definition) is 5. The largest absolute Gasteiger partial charge is 0.493 e. The molecule has 0 unspecified atom stereocenters. The van der Waals surface area contributed by atoms with Crippen LogP contribution in [0.1, 0.15) is 35.4 Å². The maximum absolute atomic E-state index is 13.2. The van der Waals surface area contributed by atoms with Gasteiger partial charge in [0.2, 0.25) is 5.91 Å². The minimum atomic E-state index is -0.314. The van der Waals surface area contributed by atoms with E-state index in [1.165, 1.54) is 12.1 Å². The van der Waals surface area contributed by atoms with Crippen LogP contribution in [0.15, 0.2) is 30.3 Å². The van der Waals surface area contributed by atoms with E-state index in [2.05, 4.69) is 20.3 Å². The molecule has 158 valence electrons. The van der Waals surface area contributed by atoms with Crippen molar-refractivity contribution in [2.75, 3.05) is 19.7 Å². The number of aromatic nitrogens is 5. The third-order valence-corrected chi connectivity index (χ3v) is 5.29. The average molecular weight is 412 g/mol. The molecule has 1 aromatic carbocycles. The monoisotopic (exact) mass is 412 g/mol. The quantitative estimate of drug-likeness (QED) is 0.644. The molecule has 1 aliphatic heterocycles. The normalized spacial score (nSPS) is 16.2. The molecule has 4 rings (SSSR count). The van der Waals surface area contributed by atoms with E-state index in [1.807, 2.05) is 24.8 Å². The van der Waals surface area contributed by atoms with Gasteiger partial charge in [-0.3, -0.25) is 9.89 Å². The number of aromatic amines is 1. The lowest BCUT2D eigenvalue weighted by atomic mass is 10.0. The molecule has 3 aromatic rings. The van der Waals surface area contributed by atoms with Crippen LogP contribution in [0.5, 0.6) is 5.75 Å². The summed E-state index contributed by atoms with van der Waals surface area (Å²) in [7, 11) is 0. The number of rotatable bonds is 7. The van der Waals surface area contributed by atoms with Crippen molar-refractivity contribution in [3.05, 3.63) is 59.2 Å². The zero-order chi connectivity index (χ0) is 21.1. The molecule has 0 spiro atoms. The van der Waals surface area contributed by atoms with Crippen LogP contribution < -0.4 is 4.74 Å². The third kappa shape index (κ3) is 4.67. The van der Waals surface area contributed by atoms with E-state index in [0.29, 0.717) is 37.7 Å². The van der Waals surface area contributed by atoms with Crippen LogP contribution in [0, 0.1) is 19.7 Å². The number of hydrogen-bond donors (Lipinski definition) is 1. The molecule has 0 bridgehead atoms. The first kappa shape index (κ1) is 20.1. The predicted molar refractivity (Wildman–Crippen MR) is 108 cm³/mol. The van der Waals surface area contributed by atoms with E-state index in [-0.39, 0.29) is 24.2 Å². The minimum absolute atomic E-state index is 0.0461. The number of halogens is 1. The van der Waals surface area contributed by atoms with E-state index in [1.54, 1.807) is 16.8 Å². The molecule has 1 saturated heterocycles. The van der Waals surface area contributed by atoms with Gasteiger partial charge in [-0.25, -0.2) is 14.1 Å². The van der Waals surface area contributed by atoms with Crippen molar-refractivity contribution < 1.29 is 13.9 Å². The summed E-state index contributed by atoms with van der Waals surface area (Å²) in [4.78, 5) is 18.7. The van der Waals surface area contributed by atoms with E-state index in [9.17, 15) is 9.18 Å². The lowest BCUT2D eigenvalue weighted by Gasteiger charge is -2.16. The van der Waals surface area contributed by atoms with Gasteiger partial charge < -0.3 is 9.64 Å². The van der Waals surface area contributed by atoms with Crippen molar-refractivity contribution in [3.8, 4) is 5.75 Å². The van der Waals surface area contributed by atoms with Gasteiger partial charge in [0.1, 0.15) is 29.8 Å². The van der Waals surface area contributed by atoms with Gasteiger partial charge in [0.15, 0.2) is 0 Å². The van der Waals surface area contributed by atoms with Gasteiger partial charge in [-0.1, -0.05) is 6.07 Å². The first-order valence-corrected chi connectivity index (χ1v) is 10.1. The summed E-state index contributed by atoms with van der Waals surface area (Å²) in [6.45, 7) is 5.66. The number of nitrogens with one attached hydrogen (secondary N) is 1. The fourth-order valence-electron chi connectivity index (χ4n) is 3.72. The summed E-state index contributed by atoms with van der Waals surface area (Å²) in [5.74, 6) is 1.87. The molecule has 0 saturated carbocycles. The number of ether oxygens (including phenoxy) is 1. The Kier molecular flexibility index (Phi) is 5.78. The van der Waals surface area contributed by atoms with Crippen LogP contribution >= 0.6 is 0 Å². The Balaban J connectivity index is 1.28. The maximum Gasteiger partial charge on any atom is 0.244 e. The van der Waals surface area contributed by atoms with Crippen molar-refractivity contribution in [2.45, 2.75) is 39.2 Å². The number of likely N-dealkylation sites (tertiary alicyclic amines) is 1. The van der Waals surface area contributed by atoms with Crippen LogP contribution in [-0.2, 0) is 17.8 Å². The van der Waals surface area contributed by atoms with Crippen LogP contribution in [0.25, 0.3) is 0 Å². The molecular formula is C21H25FN6O2. The molecule has 0 radical (unpaired) electrons. The summed E-state index contributed by atoms with van der Waals surface area (Å²) in [5, 5.41) is 11.7. The fraction of sp³-hybridized carbons (Fsp3) is 0.429. The topological polar surface area (TPSA) is 88.9 Å². The van der Waals surface area contributed by atoms with Gasteiger partial charge >= 0.3 is 0 Å². The summed E-state index contributed by atoms with van der Waals surface area (Å²) in [5.41, 5.74) is 1.92. The molecule has 30 heavy (non-hydrogen) atoms. The third-order valence-electron chi connectivity index (χ3n) is 5.29. The Bertz CT molecular complexity index is 1030. The number of carbonyl (C=O) groups is 1. The van der Waals surface area contributed by atoms with Crippen molar-refractivity contribution in [3.63, 3.8) is 0 Å². The number of nitrogens with zero attached hydrogens (tertiary/aromatic N) is 5. The van der Waals surface area contributed by atoms with E-state index in [4.69, 9.17) is 4.74 Å². The van der Waals surface area contributed by atoms with E-state index >= 15 is 0 Å². The Labute approximate surface area is 174 Å². The Hall–Kier alpha value is -3.23. The summed E-state index contributed by atoms with van der Waals surface area (Å²) in [6.07, 6.45) is 1.52. The highest BCUT2D eigenvalue weighted by Crippen LogP contribution is 2.26. The number of benzene rings is 1. The van der Waals surface area contributed by atoms with Crippen molar-refractivity contribution in [1.82, 2.24) is 29.9 Å². The predicted octanol–water partition coefficient (Wildman–Crippen LogP) is 2.39. The van der Waals surface area contributed by atoms with Gasteiger partial charge in [-0.15, -0.1) is 0 Å². The van der Waals surface area contributed by atoms with Crippen LogP contribution in [0.2, 0.25) is 0 Å². The molecule has 0 aliphatic carbocycles. The molecule has 1 fully saturated rings. The molecule has 1 amide bonds. The standard InChI is InChI=1S/C21H25FN6O2/c1-14-23-15(2)28(26-14)13-21(29)27-8-6-16(12-27)20-11-18(24-25-20)7-9-30-19-5-3-4-17(22)10-19/h3-5,10-11,16H,6-9,12-13H2,1-2H3,(H,24,25)/t16-/m0/s1. The van der Waals surface area contributed by atoms with Crippen molar-refractivity contribution in [1.29, 1.82) is 0 Å². The first-order chi connectivity index (χ1) is 14.5. The highest BCUT2D eigenvalue weighted by molar-refractivity contribution is 5.76. The molecule has 2 aromatic heterocycles. The van der Waals surface area contributed by atoms with E-state index < -0.39 is 0 Å². The first-order valence-electron chi connectivity index (χ1n) is 10.1. The Morgan fingerprint density at radius 3 is 2.97 bits per heavy atom. The maximum atomic E-state index is 13.2. The van der Waals surface area contributed by atoms with E-state index in [0.717, 1.165) is 23.6 Å². The molecule has 9 heteroatoms. The fourth-order valence-corrected chi connectivity index (χ4v) is 3.72. The van der Waals surface area contributed by atoms with Gasteiger partial charge in [-0.2, -0.15) is 10.2 Å². The zero-order valence-corrected chi connectivity index (χ0v) is 17.1. The number of carbonyl (C=O) groups excluding carboxylic acids is 1. The van der Waals surface area contributed by atoms with Gasteiger partial charge in [0.05, 0.1) is 12.3 Å². The highest BCUT2D eigenvalue weighted by Gasteiger charge is 2.29. The number of amides is 1. The summed E-state index contributed by atoms with van der Waals surface area (Å²) < 4.78 is 20.4. The second kappa shape index (κ2) is 8.64. The van der Waals surface area contributed by atoms with Crippen molar-refractivity contribution in [2.24, 2.45) is 0 Å². The molecule has 3 heterocycles.